The smallest absolute Gasteiger partial charge is 0.0579 e. The first-order chi connectivity index (χ1) is 7.86. The molecule has 0 aliphatic rings. The first-order valence-corrected chi connectivity index (χ1v) is 6.36. The number of aliphatic hydroxyl groups excluding tert-OH is 1. The first-order valence-electron chi connectivity index (χ1n) is 6.36. The predicted molar refractivity (Wildman–Crippen MR) is 74.5 cm³/mol. The minimum absolute atomic E-state index is 0.0963. The Hall–Kier alpha value is -1.02. The fourth-order valence-corrected chi connectivity index (χ4v) is 1.77. The normalized spacial score (nSPS) is 13.5. The fourth-order valence-electron chi connectivity index (χ4n) is 1.77. The minimum atomic E-state index is -0.304. The molecular formula is C15H25NO. The van der Waals surface area contributed by atoms with E-state index in [9.17, 15) is 5.11 Å². The topological polar surface area (TPSA) is 23.5 Å². The third kappa shape index (κ3) is 3.74. The molecule has 1 aromatic carbocycles. The van der Waals surface area contributed by atoms with Crippen molar-refractivity contribution in [3.05, 3.63) is 29.8 Å². The molecule has 17 heavy (non-hydrogen) atoms. The molecule has 0 spiro atoms. The van der Waals surface area contributed by atoms with Crippen molar-refractivity contribution >= 4 is 5.69 Å². The Kier molecular flexibility index (Phi) is 4.58. The van der Waals surface area contributed by atoms with Crippen LogP contribution in [0.25, 0.3) is 0 Å². The monoisotopic (exact) mass is 235 g/mol. The summed E-state index contributed by atoms with van der Waals surface area (Å²) in [4.78, 5) is 2.31. The van der Waals surface area contributed by atoms with Gasteiger partial charge in [0.15, 0.2) is 0 Å². The quantitative estimate of drug-likeness (QED) is 0.847. The lowest BCUT2D eigenvalue weighted by molar-refractivity contribution is 0.0711. The van der Waals surface area contributed by atoms with Crippen molar-refractivity contribution in [3.63, 3.8) is 0 Å². The summed E-state index contributed by atoms with van der Waals surface area (Å²) in [7, 11) is 0. The van der Waals surface area contributed by atoms with Crippen LogP contribution in [0.4, 0.5) is 5.69 Å². The van der Waals surface area contributed by atoms with Crippen molar-refractivity contribution in [2.75, 3.05) is 18.0 Å². The van der Waals surface area contributed by atoms with Crippen molar-refractivity contribution in [1.82, 2.24) is 0 Å². The van der Waals surface area contributed by atoms with E-state index in [1.54, 1.807) is 0 Å². The van der Waals surface area contributed by atoms with E-state index in [-0.39, 0.29) is 11.5 Å². The van der Waals surface area contributed by atoms with Gasteiger partial charge in [-0.25, -0.2) is 0 Å². The molecule has 0 heterocycles. The number of hydrogen-bond donors (Lipinski definition) is 1. The molecule has 96 valence electrons. The average molecular weight is 235 g/mol. The molecule has 1 aromatic rings. The van der Waals surface area contributed by atoms with E-state index in [0.29, 0.717) is 0 Å². The molecule has 0 fully saturated rings. The van der Waals surface area contributed by atoms with Gasteiger partial charge in [0.2, 0.25) is 0 Å². The maximum absolute atomic E-state index is 9.79. The summed E-state index contributed by atoms with van der Waals surface area (Å²) in [5, 5.41) is 9.79. The minimum Gasteiger partial charge on any atom is -0.393 e. The van der Waals surface area contributed by atoms with E-state index in [2.05, 4.69) is 56.9 Å². The van der Waals surface area contributed by atoms with Crippen LogP contribution in [0.1, 0.15) is 33.3 Å². The molecule has 0 aromatic heterocycles. The lowest BCUT2D eigenvalue weighted by Crippen LogP contribution is -2.40. The van der Waals surface area contributed by atoms with Gasteiger partial charge in [0.25, 0.3) is 0 Å². The SMILES string of the molecule is CCN(CC(C)(C)C(C)O)c1ccc(C)cc1. The second kappa shape index (κ2) is 5.54. The molecule has 1 N–H and O–H groups in total. The van der Waals surface area contributed by atoms with Crippen LogP contribution >= 0.6 is 0 Å². The van der Waals surface area contributed by atoms with Gasteiger partial charge in [0, 0.05) is 24.2 Å². The molecule has 0 amide bonds. The Bertz CT molecular complexity index is 340. The third-order valence-electron chi connectivity index (χ3n) is 3.51. The number of aliphatic hydroxyl groups is 1. The largest absolute Gasteiger partial charge is 0.393 e. The highest BCUT2D eigenvalue weighted by atomic mass is 16.3. The maximum Gasteiger partial charge on any atom is 0.0579 e. The molecule has 0 bridgehead atoms. The van der Waals surface area contributed by atoms with Gasteiger partial charge in [-0.05, 0) is 32.9 Å². The summed E-state index contributed by atoms with van der Waals surface area (Å²) in [5.74, 6) is 0. The second-order valence-electron chi connectivity index (χ2n) is 5.51. The van der Waals surface area contributed by atoms with E-state index >= 15 is 0 Å². The van der Waals surface area contributed by atoms with Crippen LogP contribution in [0.2, 0.25) is 0 Å². The molecule has 0 saturated heterocycles. The second-order valence-corrected chi connectivity index (χ2v) is 5.51. The molecule has 2 nitrogen and oxygen atoms in total. The van der Waals surface area contributed by atoms with Gasteiger partial charge in [-0.15, -0.1) is 0 Å². The Morgan fingerprint density at radius 1 is 1.24 bits per heavy atom. The average Bonchev–Trinajstić information content (AvgIpc) is 2.27. The number of anilines is 1. The third-order valence-corrected chi connectivity index (χ3v) is 3.51. The summed E-state index contributed by atoms with van der Waals surface area (Å²) in [6, 6.07) is 8.56. The van der Waals surface area contributed by atoms with Crippen molar-refractivity contribution < 1.29 is 5.11 Å². The van der Waals surface area contributed by atoms with Crippen molar-refractivity contribution in [1.29, 1.82) is 0 Å². The van der Waals surface area contributed by atoms with Crippen LogP contribution < -0.4 is 4.90 Å². The van der Waals surface area contributed by atoms with Crippen LogP contribution in [-0.4, -0.2) is 24.3 Å². The van der Waals surface area contributed by atoms with Gasteiger partial charge < -0.3 is 10.0 Å². The number of nitrogens with zero attached hydrogens (tertiary/aromatic N) is 1. The van der Waals surface area contributed by atoms with E-state index < -0.39 is 0 Å². The molecule has 1 atom stereocenters. The predicted octanol–water partition coefficient (Wildman–Crippen LogP) is 3.23. The first kappa shape index (κ1) is 14.0. The van der Waals surface area contributed by atoms with Crippen LogP contribution in [0.15, 0.2) is 24.3 Å². The molecule has 0 aliphatic heterocycles. The Labute approximate surface area is 105 Å². The summed E-state index contributed by atoms with van der Waals surface area (Å²) in [6.45, 7) is 12.1. The maximum atomic E-state index is 9.79. The van der Waals surface area contributed by atoms with Crippen molar-refractivity contribution in [3.8, 4) is 0 Å². The molecule has 0 aliphatic carbocycles. The van der Waals surface area contributed by atoms with Gasteiger partial charge in [-0.2, -0.15) is 0 Å². The van der Waals surface area contributed by atoms with Crippen LogP contribution in [0, 0.1) is 12.3 Å². The fraction of sp³-hybridized carbons (Fsp3) is 0.600. The Morgan fingerprint density at radius 3 is 2.18 bits per heavy atom. The Balaban J connectivity index is 2.82. The van der Waals surface area contributed by atoms with Gasteiger partial charge in [0.1, 0.15) is 0 Å². The lowest BCUT2D eigenvalue weighted by atomic mass is 9.86. The van der Waals surface area contributed by atoms with Crippen LogP contribution in [-0.2, 0) is 0 Å². The van der Waals surface area contributed by atoms with Crippen LogP contribution in [0.5, 0.6) is 0 Å². The standard InChI is InChI=1S/C15H25NO/c1-6-16(11-15(4,5)13(3)17)14-9-7-12(2)8-10-14/h7-10,13,17H,6,11H2,1-5H3. The highest BCUT2D eigenvalue weighted by molar-refractivity contribution is 5.47. The summed E-state index contributed by atoms with van der Waals surface area (Å²) in [5.41, 5.74) is 2.41. The zero-order chi connectivity index (χ0) is 13.1. The molecule has 2 heteroatoms. The number of benzene rings is 1. The molecule has 1 unspecified atom stereocenters. The number of rotatable bonds is 5. The summed E-state index contributed by atoms with van der Waals surface area (Å²) < 4.78 is 0. The zero-order valence-electron chi connectivity index (χ0n) is 11.7. The van der Waals surface area contributed by atoms with Gasteiger partial charge in [-0.1, -0.05) is 31.5 Å². The molecular weight excluding hydrogens is 210 g/mol. The van der Waals surface area contributed by atoms with E-state index in [1.807, 2.05) is 6.92 Å². The van der Waals surface area contributed by atoms with E-state index in [1.165, 1.54) is 11.3 Å². The van der Waals surface area contributed by atoms with E-state index in [4.69, 9.17) is 0 Å². The molecule has 1 rings (SSSR count). The zero-order valence-corrected chi connectivity index (χ0v) is 11.7. The van der Waals surface area contributed by atoms with Crippen molar-refractivity contribution in [2.24, 2.45) is 5.41 Å². The highest BCUT2D eigenvalue weighted by Gasteiger charge is 2.26. The summed E-state index contributed by atoms with van der Waals surface area (Å²) in [6.07, 6.45) is -0.304. The van der Waals surface area contributed by atoms with Gasteiger partial charge in [-0.3, -0.25) is 0 Å². The number of hydrogen-bond acceptors (Lipinski definition) is 2. The highest BCUT2D eigenvalue weighted by Crippen LogP contribution is 2.25. The molecule has 0 radical (unpaired) electrons. The van der Waals surface area contributed by atoms with Crippen molar-refractivity contribution in [2.45, 2.75) is 40.7 Å². The lowest BCUT2D eigenvalue weighted by Gasteiger charge is -2.35. The number of aryl methyl sites for hydroxylation is 1. The van der Waals surface area contributed by atoms with Gasteiger partial charge >= 0.3 is 0 Å². The van der Waals surface area contributed by atoms with Crippen LogP contribution in [0.3, 0.4) is 0 Å². The molecule has 0 saturated carbocycles. The van der Waals surface area contributed by atoms with E-state index in [0.717, 1.165) is 13.1 Å². The summed E-state index contributed by atoms with van der Waals surface area (Å²) >= 11 is 0. The van der Waals surface area contributed by atoms with Gasteiger partial charge in [0.05, 0.1) is 6.10 Å². The Morgan fingerprint density at radius 2 is 1.76 bits per heavy atom.